The van der Waals surface area contributed by atoms with Gasteiger partial charge in [0.2, 0.25) is 0 Å². The van der Waals surface area contributed by atoms with Gasteiger partial charge in [-0.2, -0.15) is 0 Å². The molecule has 2 atom stereocenters. The highest BCUT2D eigenvalue weighted by atomic mass is 16.5. The minimum atomic E-state index is -0.405. The van der Waals surface area contributed by atoms with Crippen LogP contribution in [0.25, 0.3) is 10.9 Å². The van der Waals surface area contributed by atoms with Crippen molar-refractivity contribution in [2.45, 2.75) is 64.5 Å². The first-order chi connectivity index (χ1) is 13.1. The molecule has 0 N–H and O–H groups in total. The Morgan fingerprint density at radius 1 is 1.11 bits per heavy atom. The lowest BCUT2D eigenvalue weighted by Gasteiger charge is -2.38. The van der Waals surface area contributed by atoms with Gasteiger partial charge in [0.05, 0.1) is 11.1 Å². The van der Waals surface area contributed by atoms with Gasteiger partial charge in [-0.15, -0.1) is 0 Å². The molecule has 2 aromatic rings. The molecule has 1 aliphatic heterocycles. The van der Waals surface area contributed by atoms with Crippen LogP contribution in [0.5, 0.6) is 0 Å². The number of benzene rings is 1. The van der Waals surface area contributed by atoms with Crippen LogP contribution < -0.4 is 0 Å². The lowest BCUT2D eigenvalue weighted by molar-refractivity contribution is -0.140. The standard InChI is InChI=1S/C22H26N2O3/c1-14-7-5-8-15(2)24(14)20(25)13-27-22(26)21-16-9-3-4-11-18(16)23-19-12-6-10-17(19)21/h3-4,9,11,14-15H,5-8,10,12-13H2,1-2H3/t14-,15+. The van der Waals surface area contributed by atoms with E-state index in [9.17, 15) is 9.59 Å². The first kappa shape index (κ1) is 18.0. The Bertz CT molecular complexity index is 883. The number of carbonyl (C=O) groups excluding carboxylic acids is 2. The van der Waals surface area contributed by atoms with Gasteiger partial charge in [0, 0.05) is 23.2 Å². The fourth-order valence-electron chi connectivity index (χ4n) is 4.63. The number of hydrogen-bond donors (Lipinski definition) is 0. The van der Waals surface area contributed by atoms with E-state index in [1.165, 1.54) is 0 Å². The van der Waals surface area contributed by atoms with E-state index in [-0.39, 0.29) is 24.6 Å². The molecule has 0 unspecified atom stereocenters. The molecule has 2 aliphatic rings. The van der Waals surface area contributed by atoms with E-state index in [1.54, 1.807) is 0 Å². The number of pyridine rings is 1. The first-order valence-corrected chi connectivity index (χ1v) is 9.95. The Balaban J connectivity index is 1.56. The molecule has 0 radical (unpaired) electrons. The van der Waals surface area contributed by atoms with Crippen molar-refractivity contribution < 1.29 is 14.3 Å². The number of aromatic nitrogens is 1. The quantitative estimate of drug-likeness (QED) is 0.778. The van der Waals surface area contributed by atoms with Gasteiger partial charge in [-0.1, -0.05) is 18.2 Å². The van der Waals surface area contributed by atoms with Gasteiger partial charge < -0.3 is 9.64 Å². The minimum Gasteiger partial charge on any atom is -0.452 e. The van der Waals surface area contributed by atoms with E-state index in [4.69, 9.17) is 9.72 Å². The van der Waals surface area contributed by atoms with Crippen molar-refractivity contribution in [3.8, 4) is 0 Å². The van der Waals surface area contributed by atoms with Gasteiger partial charge in [-0.25, -0.2) is 4.79 Å². The monoisotopic (exact) mass is 366 g/mol. The number of aryl methyl sites for hydroxylation is 1. The van der Waals surface area contributed by atoms with Crippen molar-refractivity contribution in [1.29, 1.82) is 0 Å². The Hall–Kier alpha value is -2.43. The summed E-state index contributed by atoms with van der Waals surface area (Å²) < 4.78 is 5.52. The number of piperidine rings is 1. The summed E-state index contributed by atoms with van der Waals surface area (Å²) in [6.45, 7) is 3.94. The zero-order valence-corrected chi connectivity index (χ0v) is 16.0. The molecule has 1 saturated heterocycles. The smallest absolute Gasteiger partial charge is 0.339 e. The molecular weight excluding hydrogens is 340 g/mol. The maximum atomic E-state index is 12.9. The number of esters is 1. The Kier molecular flexibility index (Phi) is 4.85. The highest BCUT2D eigenvalue weighted by Gasteiger charge is 2.30. The second kappa shape index (κ2) is 7.29. The zero-order chi connectivity index (χ0) is 19.0. The summed E-state index contributed by atoms with van der Waals surface area (Å²) in [5, 5.41) is 0.815. The van der Waals surface area contributed by atoms with Crippen molar-refractivity contribution in [1.82, 2.24) is 9.88 Å². The average molecular weight is 366 g/mol. The molecule has 0 saturated carbocycles. The van der Waals surface area contributed by atoms with Gasteiger partial charge in [-0.05, 0) is 64.0 Å². The third-order valence-electron chi connectivity index (χ3n) is 5.93. The van der Waals surface area contributed by atoms with Crippen molar-refractivity contribution >= 4 is 22.8 Å². The van der Waals surface area contributed by atoms with Gasteiger partial charge in [0.1, 0.15) is 0 Å². The summed E-state index contributed by atoms with van der Waals surface area (Å²) >= 11 is 0. The number of nitrogens with zero attached hydrogens (tertiary/aromatic N) is 2. The average Bonchev–Trinajstić information content (AvgIpc) is 3.11. The molecular formula is C22H26N2O3. The van der Waals surface area contributed by atoms with Crippen LogP contribution in [0.4, 0.5) is 0 Å². The third kappa shape index (κ3) is 3.31. The summed E-state index contributed by atoms with van der Waals surface area (Å²) in [6.07, 6.45) is 5.88. The second-order valence-corrected chi connectivity index (χ2v) is 7.79. The molecule has 1 amide bonds. The normalized spacial score (nSPS) is 21.9. The highest BCUT2D eigenvalue weighted by molar-refractivity contribution is 6.05. The number of amides is 1. The number of para-hydroxylation sites is 1. The van der Waals surface area contributed by atoms with Crippen molar-refractivity contribution in [2.24, 2.45) is 0 Å². The maximum absolute atomic E-state index is 12.9. The number of ether oxygens (including phenoxy) is 1. The largest absolute Gasteiger partial charge is 0.452 e. The van der Waals surface area contributed by atoms with Gasteiger partial charge in [-0.3, -0.25) is 9.78 Å². The van der Waals surface area contributed by atoms with E-state index in [0.29, 0.717) is 5.56 Å². The van der Waals surface area contributed by atoms with E-state index in [2.05, 4.69) is 13.8 Å². The van der Waals surface area contributed by atoms with Crippen molar-refractivity contribution in [3.05, 3.63) is 41.1 Å². The van der Waals surface area contributed by atoms with Crippen molar-refractivity contribution in [2.75, 3.05) is 6.61 Å². The number of rotatable bonds is 3. The molecule has 2 heterocycles. The zero-order valence-electron chi connectivity index (χ0n) is 16.0. The van der Waals surface area contributed by atoms with Crippen LogP contribution in [-0.4, -0.2) is 40.5 Å². The molecule has 1 fully saturated rings. The van der Waals surface area contributed by atoms with Gasteiger partial charge in [0.15, 0.2) is 6.61 Å². The fourth-order valence-corrected chi connectivity index (χ4v) is 4.63. The molecule has 1 aliphatic carbocycles. The molecule has 1 aromatic carbocycles. The Morgan fingerprint density at radius 2 is 1.85 bits per heavy atom. The van der Waals surface area contributed by atoms with E-state index in [0.717, 1.165) is 60.7 Å². The topological polar surface area (TPSA) is 59.5 Å². The number of hydrogen-bond acceptors (Lipinski definition) is 4. The van der Waals surface area contributed by atoms with E-state index in [1.807, 2.05) is 29.2 Å². The maximum Gasteiger partial charge on any atom is 0.339 e. The summed E-state index contributed by atoms with van der Waals surface area (Å²) in [7, 11) is 0. The van der Waals surface area contributed by atoms with Crippen LogP contribution in [0.15, 0.2) is 24.3 Å². The summed E-state index contributed by atoms with van der Waals surface area (Å²) in [6, 6.07) is 8.07. The van der Waals surface area contributed by atoms with Gasteiger partial charge in [0.25, 0.3) is 5.91 Å². The lowest BCUT2D eigenvalue weighted by atomic mass is 9.97. The van der Waals surface area contributed by atoms with Crippen LogP contribution in [-0.2, 0) is 22.4 Å². The molecule has 5 heteroatoms. The van der Waals surface area contributed by atoms with Crippen molar-refractivity contribution in [3.63, 3.8) is 0 Å². The van der Waals surface area contributed by atoms with Crippen LogP contribution in [0.3, 0.4) is 0 Å². The number of fused-ring (bicyclic) bond motifs is 2. The molecule has 1 aromatic heterocycles. The fraction of sp³-hybridized carbons (Fsp3) is 0.500. The SMILES string of the molecule is C[C@@H]1CCC[C@H](C)N1C(=O)COC(=O)c1c2c(nc3ccccc13)CCC2. The predicted octanol–water partition coefficient (Wildman–Crippen LogP) is 3.67. The van der Waals surface area contributed by atoms with Crippen LogP contribution in [0.1, 0.15) is 61.1 Å². The summed E-state index contributed by atoms with van der Waals surface area (Å²) in [5.41, 5.74) is 3.39. The third-order valence-corrected chi connectivity index (χ3v) is 5.93. The Labute approximate surface area is 159 Å². The highest BCUT2D eigenvalue weighted by Crippen LogP contribution is 2.30. The first-order valence-electron chi connectivity index (χ1n) is 9.95. The Morgan fingerprint density at radius 3 is 2.63 bits per heavy atom. The van der Waals surface area contributed by atoms with E-state index >= 15 is 0 Å². The molecule has 4 rings (SSSR count). The van der Waals surface area contributed by atoms with Crippen LogP contribution >= 0.6 is 0 Å². The minimum absolute atomic E-state index is 0.0990. The molecule has 0 spiro atoms. The van der Waals surface area contributed by atoms with Crippen LogP contribution in [0, 0.1) is 0 Å². The molecule has 0 bridgehead atoms. The van der Waals surface area contributed by atoms with Gasteiger partial charge >= 0.3 is 5.97 Å². The summed E-state index contributed by atoms with van der Waals surface area (Å²) in [4.78, 5) is 32.2. The molecule has 27 heavy (non-hydrogen) atoms. The summed E-state index contributed by atoms with van der Waals surface area (Å²) in [5.74, 6) is -0.504. The lowest BCUT2D eigenvalue weighted by Crippen LogP contribution is -2.49. The van der Waals surface area contributed by atoms with Crippen LogP contribution in [0.2, 0.25) is 0 Å². The second-order valence-electron chi connectivity index (χ2n) is 7.79. The molecule has 5 nitrogen and oxygen atoms in total. The molecule has 142 valence electrons. The predicted molar refractivity (Wildman–Crippen MR) is 104 cm³/mol. The van der Waals surface area contributed by atoms with E-state index < -0.39 is 5.97 Å². The number of carbonyl (C=O) groups is 2. The number of likely N-dealkylation sites (tertiary alicyclic amines) is 1.